The molecule has 1 aromatic carbocycles. The maximum Gasteiger partial charge on any atom is 0.271 e. The molecule has 1 aromatic heterocycles. The number of anilines is 1. The second-order valence-corrected chi connectivity index (χ2v) is 4.61. The number of benzene rings is 1. The molecule has 104 valence electrons. The number of hydrogen-bond acceptors (Lipinski definition) is 4. The molecule has 0 saturated carbocycles. The van der Waals surface area contributed by atoms with Crippen molar-refractivity contribution in [2.45, 2.75) is 19.9 Å². The Balaban J connectivity index is 2.10. The largest absolute Gasteiger partial charge is 0.362 e. The van der Waals surface area contributed by atoms with Crippen LogP contribution in [0.25, 0.3) is 0 Å². The van der Waals surface area contributed by atoms with Crippen LogP contribution in [0.5, 0.6) is 0 Å². The molecule has 2 rings (SSSR count). The number of aromatic nitrogens is 2. The van der Waals surface area contributed by atoms with Crippen LogP contribution in [0.3, 0.4) is 0 Å². The van der Waals surface area contributed by atoms with Crippen LogP contribution >= 0.6 is 0 Å². The van der Waals surface area contributed by atoms with E-state index in [1.807, 2.05) is 12.1 Å². The third kappa shape index (κ3) is 3.12. The van der Waals surface area contributed by atoms with Gasteiger partial charge in [0.25, 0.3) is 5.91 Å². The molecule has 1 unspecified atom stereocenters. The van der Waals surface area contributed by atoms with Gasteiger partial charge in [0.05, 0.1) is 6.04 Å². The highest BCUT2D eigenvalue weighted by Crippen LogP contribution is 2.20. The first-order valence-electron chi connectivity index (χ1n) is 6.49. The molecule has 1 amide bonds. The van der Waals surface area contributed by atoms with Crippen LogP contribution in [0, 0.1) is 6.92 Å². The molecule has 20 heavy (non-hydrogen) atoms. The fourth-order valence-electron chi connectivity index (χ4n) is 2.03. The summed E-state index contributed by atoms with van der Waals surface area (Å²) in [7, 11) is 1.57. The monoisotopic (exact) mass is 270 g/mol. The van der Waals surface area contributed by atoms with Gasteiger partial charge in [-0.1, -0.05) is 24.3 Å². The third-order valence-electron chi connectivity index (χ3n) is 3.14. The standard InChI is InChI=1S/C15H18N4O/c1-10-6-4-5-7-12(10)11(2)17-14-9-8-13(18-19-14)15(20)16-3/h4-9,11H,1-3H3,(H,16,20)(H,17,19). The molecule has 0 aliphatic heterocycles. The summed E-state index contributed by atoms with van der Waals surface area (Å²) in [4.78, 5) is 11.4. The van der Waals surface area contributed by atoms with E-state index in [0.29, 0.717) is 11.5 Å². The minimum absolute atomic E-state index is 0.122. The molecule has 2 aromatic rings. The van der Waals surface area contributed by atoms with E-state index >= 15 is 0 Å². The van der Waals surface area contributed by atoms with Gasteiger partial charge in [0, 0.05) is 7.05 Å². The van der Waals surface area contributed by atoms with Crippen molar-refractivity contribution in [2.75, 3.05) is 12.4 Å². The Hall–Kier alpha value is -2.43. The molecule has 0 aliphatic carbocycles. The second kappa shape index (κ2) is 6.14. The van der Waals surface area contributed by atoms with Crippen molar-refractivity contribution < 1.29 is 4.79 Å². The number of nitrogens with one attached hydrogen (secondary N) is 2. The van der Waals surface area contributed by atoms with Crippen LogP contribution < -0.4 is 10.6 Å². The number of aryl methyl sites for hydroxylation is 1. The summed E-state index contributed by atoms with van der Waals surface area (Å²) >= 11 is 0. The average molecular weight is 270 g/mol. The van der Waals surface area contributed by atoms with Crippen molar-refractivity contribution in [1.29, 1.82) is 0 Å². The predicted octanol–water partition coefficient (Wildman–Crippen LogP) is 2.32. The number of carbonyl (C=O) groups excluding carboxylic acids is 1. The van der Waals surface area contributed by atoms with Crippen LogP contribution in [0.1, 0.15) is 34.6 Å². The zero-order valence-electron chi connectivity index (χ0n) is 11.8. The maximum atomic E-state index is 11.4. The van der Waals surface area contributed by atoms with Gasteiger partial charge in [-0.3, -0.25) is 4.79 Å². The van der Waals surface area contributed by atoms with E-state index in [2.05, 4.69) is 46.8 Å². The average Bonchev–Trinajstić information content (AvgIpc) is 2.47. The van der Waals surface area contributed by atoms with Crippen molar-refractivity contribution >= 4 is 11.7 Å². The van der Waals surface area contributed by atoms with Crippen LogP contribution in [-0.2, 0) is 0 Å². The summed E-state index contributed by atoms with van der Waals surface area (Å²) in [5, 5.41) is 13.7. The SMILES string of the molecule is CNC(=O)c1ccc(NC(C)c2ccccc2C)nn1. The Morgan fingerprint density at radius 1 is 1.15 bits per heavy atom. The lowest BCUT2D eigenvalue weighted by molar-refractivity contribution is 0.0957. The highest BCUT2D eigenvalue weighted by molar-refractivity contribution is 5.91. The second-order valence-electron chi connectivity index (χ2n) is 4.61. The molecule has 5 nitrogen and oxygen atoms in total. The normalized spacial score (nSPS) is 11.8. The molecule has 0 aliphatic rings. The molecule has 1 atom stereocenters. The lowest BCUT2D eigenvalue weighted by Crippen LogP contribution is -2.20. The zero-order chi connectivity index (χ0) is 14.5. The Morgan fingerprint density at radius 3 is 2.50 bits per heavy atom. The predicted molar refractivity (Wildman–Crippen MR) is 78.6 cm³/mol. The van der Waals surface area contributed by atoms with Gasteiger partial charge in [-0.25, -0.2) is 0 Å². The topological polar surface area (TPSA) is 66.9 Å². The molecular weight excluding hydrogens is 252 g/mol. The van der Waals surface area contributed by atoms with Crippen LogP contribution in [-0.4, -0.2) is 23.2 Å². The van der Waals surface area contributed by atoms with E-state index in [4.69, 9.17) is 0 Å². The van der Waals surface area contributed by atoms with Gasteiger partial charge in [0.2, 0.25) is 0 Å². The number of carbonyl (C=O) groups is 1. The van der Waals surface area contributed by atoms with Gasteiger partial charge in [-0.05, 0) is 37.1 Å². The lowest BCUT2D eigenvalue weighted by Gasteiger charge is -2.16. The smallest absolute Gasteiger partial charge is 0.271 e. The summed E-state index contributed by atoms with van der Waals surface area (Å²) in [6.07, 6.45) is 0. The highest BCUT2D eigenvalue weighted by atomic mass is 16.1. The van der Waals surface area contributed by atoms with Crippen molar-refractivity contribution in [2.24, 2.45) is 0 Å². The first kappa shape index (κ1) is 14.0. The highest BCUT2D eigenvalue weighted by Gasteiger charge is 2.10. The Bertz CT molecular complexity index is 595. The maximum absolute atomic E-state index is 11.4. The van der Waals surface area contributed by atoms with E-state index in [1.165, 1.54) is 11.1 Å². The Morgan fingerprint density at radius 2 is 1.90 bits per heavy atom. The number of hydrogen-bond donors (Lipinski definition) is 2. The Kier molecular flexibility index (Phi) is 4.30. The lowest BCUT2D eigenvalue weighted by atomic mass is 10.0. The van der Waals surface area contributed by atoms with Crippen LogP contribution in [0.2, 0.25) is 0 Å². The van der Waals surface area contributed by atoms with Crippen molar-refractivity contribution in [1.82, 2.24) is 15.5 Å². The molecule has 0 radical (unpaired) electrons. The quantitative estimate of drug-likeness (QED) is 0.894. The molecule has 5 heteroatoms. The molecule has 0 spiro atoms. The number of amides is 1. The first-order chi connectivity index (χ1) is 9.61. The van der Waals surface area contributed by atoms with E-state index in [0.717, 1.165) is 0 Å². The first-order valence-corrected chi connectivity index (χ1v) is 6.49. The van der Waals surface area contributed by atoms with Crippen molar-refractivity contribution in [3.8, 4) is 0 Å². The molecule has 1 heterocycles. The van der Waals surface area contributed by atoms with Crippen molar-refractivity contribution in [3.63, 3.8) is 0 Å². The molecule has 0 fully saturated rings. The minimum atomic E-state index is -0.240. The fraction of sp³-hybridized carbons (Fsp3) is 0.267. The molecular formula is C15H18N4O. The fourth-order valence-corrected chi connectivity index (χ4v) is 2.03. The third-order valence-corrected chi connectivity index (χ3v) is 3.14. The summed E-state index contributed by atoms with van der Waals surface area (Å²) < 4.78 is 0. The van der Waals surface area contributed by atoms with Gasteiger partial charge >= 0.3 is 0 Å². The van der Waals surface area contributed by atoms with Crippen molar-refractivity contribution in [3.05, 3.63) is 53.2 Å². The minimum Gasteiger partial charge on any atom is -0.362 e. The number of nitrogens with zero attached hydrogens (tertiary/aromatic N) is 2. The summed E-state index contributed by atoms with van der Waals surface area (Å²) in [5.41, 5.74) is 2.74. The number of rotatable bonds is 4. The zero-order valence-corrected chi connectivity index (χ0v) is 11.8. The van der Waals surface area contributed by atoms with E-state index in [-0.39, 0.29) is 11.9 Å². The van der Waals surface area contributed by atoms with E-state index in [1.54, 1.807) is 19.2 Å². The van der Waals surface area contributed by atoms with Gasteiger partial charge in [-0.15, -0.1) is 10.2 Å². The molecule has 2 N–H and O–H groups in total. The van der Waals surface area contributed by atoms with Crippen LogP contribution in [0.4, 0.5) is 5.82 Å². The Labute approximate surface area is 118 Å². The summed E-state index contributed by atoms with van der Waals surface area (Å²) in [6.45, 7) is 4.14. The van der Waals surface area contributed by atoms with Gasteiger partial charge < -0.3 is 10.6 Å². The summed E-state index contributed by atoms with van der Waals surface area (Å²) in [6, 6.07) is 11.7. The van der Waals surface area contributed by atoms with Gasteiger partial charge in [0.1, 0.15) is 5.82 Å². The molecule has 0 saturated heterocycles. The van der Waals surface area contributed by atoms with Gasteiger partial charge in [0.15, 0.2) is 5.69 Å². The molecule has 0 bridgehead atoms. The van der Waals surface area contributed by atoms with Gasteiger partial charge in [-0.2, -0.15) is 0 Å². The van der Waals surface area contributed by atoms with E-state index < -0.39 is 0 Å². The van der Waals surface area contributed by atoms with Crippen LogP contribution in [0.15, 0.2) is 36.4 Å². The van der Waals surface area contributed by atoms with E-state index in [9.17, 15) is 4.79 Å². The summed E-state index contributed by atoms with van der Waals surface area (Å²) in [5.74, 6) is 0.407.